The Morgan fingerprint density at radius 3 is 2.28 bits per heavy atom. The lowest BCUT2D eigenvalue weighted by atomic mass is 9.70. The van der Waals surface area contributed by atoms with E-state index in [4.69, 9.17) is 37.9 Å². The first-order valence-electron chi connectivity index (χ1n) is 20.6. The van der Waals surface area contributed by atoms with Crippen molar-refractivity contribution in [2.45, 2.75) is 153 Å². The quantitative estimate of drug-likeness (QED) is 0.203. The Bertz CT molecular complexity index is 1370. The van der Waals surface area contributed by atoms with E-state index in [0.29, 0.717) is 12.5 Å². The fraction of sp³-hybridized carbons (Fsp3) is 0.814. The lowest BCUT2D eigenvalue weighted by Crippen LogP contribution is -2.59. The van der Waals surface area contributed by atoms with E-state index in [-0.39, 0.29) is 96.8 Å². The van der Waals surface area contributed by atoms with Crippen molar-refractivity contribution in [1.29, 1.82) is 0 Å². The van der Waals surface area contributed by atoms with Crippen LogP contribution in [0.3, 0.4) is 0 Å². The van der Waals surface area contributed by atoms with Gasteiger partial charge in [-0.15, -0.1) is 0 Å². The number of hydrogen-bond acceptors (Lipinski definition) is 11. The van der Waals surface area contributed by atoms with Gasteiger partial charge < -0.3 is 42.8 Å². The predicted molar refractivity (Wildman–Crippen MR) is 203 cm³/mol. The van der Waals surface area contributed by atoms with Crippen molar-refractivity contribution in [1.82, 2.24) is 4.90 Å². The number of carbonyl (C=O) groups is 2. The molecule has 0 radical (unpaired) electrons. The van der Waals surface area contributed by atoms with Crippen LogP contribution in [0.25, 0.3) is 0 Å². The van der Waals surface area contributed by atoms with Gasteiger partial charge in [0.15, 0.2) is 18.4 Å². The number of carbonyl (C=O) groups excluding carboxylic acids is 2. The van der Waals surface area contributed by atoms with Crippen molar-refractivity contribution in [2.75, 3.05) is 35.4 Å². The first-order chi connectivity index (χ1) is 26.0. The lowest BCUT2D eigenvalue weighted by Gasteiger charge is -2.44. The van der Waals surface area contributed by atoms with Crippen LogP contribution in [0.1, 0.15) is 85.5 Å². The summed E-state index contributed by atoms with van der Waals surface area (Å²) in [6.45, 7) is 8.12. The third-order valence-electron chi connectivity index (χ3n) is 13.4. The van der Waals surface area contributed by atoms with Crippen molar-refractivity contribution in [2.24, 2.45) is 35.5 Å². The molecular weight excluding hydrogens is 690 g/mol. The van der Waals surface area contributed by atoms with Crippen LogP contribution < -0.4 is 0 Å². The van der Waals surface area contributed by atoms with Crippen LogP contribution in [0, 0.1) is 35.5 Å². The van der Waals surface area contributed by atoms with Crippen LogP contribution in [-0.2, 0) is 47.5 Å². The van der Waals surface area contributed by atoms with Gasteiger partial charge in [-0.3, -0.25) is 9.59 Å². The molecule has 0 amide bonds. The Hall–Kier alpha value is -1.96. The van der Waals surface area contributed by atoms with Crippen molar-refractivity contribution in [3.05, 3.63) is 36.0 Å². The molecule has 54 heavy (non-hydrogen) atoms. The number of fused-ring (bicyclic) bond motifs is 5. The molecule has 0 N–H and O–H groups in total. The molecule has 6 aliphatic rings. The van der Waals surface area contributed by atoms with Gasteiger partial charge in [0.25, 0.3) is 0 Å². The van der Waals surface area contributed by atoms with E-state index in [1.54, 1.807) is 21.3 Å². The van der Waals surface area contributed by atoms with Gasteiger partial charge in [0.05, 0.1) is 30.8 Å². The van der Waals surface area contributed by atoms with Crippen LogP contribution in [0.2, 0.25) is 0 Å². The molecular formula is C43H67NO10. The molecule has 3 aliphatic heterocycles. The van der Waals surface area contributed by atoms with Crippen LogP contribution >= 0.6 is 0 Å². The van der Waals surface area contributed by atoms with Crippen LogP contribution in [0.15, 0.2) is 36.0 Å². The third-order valence-corrected chi connectivity index (χ3v) is 13.4. The minimum absolute atomic E-state index is 0.0232. The monoisotopic (exact) mass is 757 g/mol. The molecule has 6 rings (SSSR count). The fourth-order valence-electron chi connectivity index (χ4n) is 10.4. The normalized spacial score (nSPS) is 44.6. The van der Waals surface area contributed by atoms with Gasteiger partial charge in [0, 0.05) is 39.2 Å². The summed E-state index contributed by atoms with van der Waals surface area (Å²) in [5.74, 6) is -0.162. The Morgan fingerprint density at radius 1 is 0.833 bits per heavy atom. The molecule has 17 unspecified atom stereocenters. The molecule has 17 atom stereocenters. The zero-order valence-electron chi connectivity index (χ0n) is 34.1. The first-order valence-corrected chi connectivity index (χ1v) is 20.6. The molecule has 0 spiro atoms. The first kappa shape index (κ1) is 41.7. The van der Waals surface area contributed by atoms with Gasteiger partial charge >= 0.3 is 5.97 Å². The standard InChI is InChI=1S/C43H67NO10/c1-10-28-14-12-11-13-15-36(54-38-19-18-35(44(5)6)25(3)50-38)24(2)39(46)34-22-32-30(33(34)23-37(45)52-28)17-16-27-20-29(21-31(27)32)53-43-42(49-9)41(48-8)40(47-7)26(4)51-43/h12,14,16-17,22,24-33,35-36,38,40-43H,10-11,13,15,18-21,23H2,1-9H3. The second kappa shape index (κ2) is 18.5. The van der Waals surface area contributed by atoms with Crippen molar-refractivity contribution < 1.29 is 47.5 Å². The van der Waals surface area contributed by atoms with E-state index in [9.17, 15) is 9.59 Å². The highest BCUT2D eigenvalue weighted by Crippen LogP contribution is 2.54. The van der Waals surface area contributed by atoms with Gasteiger partial charge in [-0.2, -0.15) is 0 Å². The highest BCUT2D eigenvalue weighted by Gasteiger charge is 2.52. The van der Waals surface area contributed by atoms with E-state index in [0.717, 1.165) is 50.5 Å². The second-order valence-corrected chi connectivity index (χ2v) is 16.8. The summed E-state index contributed by atoms with van der Waals surface area (Å²) in [6.07, 6.45) is 14.8. The summed E-state index contributed by atoms with van der Waals surface area (Å²) in [5, 5.41) is 0. The van der Waals surface area contributed by atoms with Gasteiger partial charge in [-0.25, -0.2) is 0 Å². The topological polar surface area (TPSA) is 111 Å². The highest BCUT2D eigenvalue weighted by atomic mass is 16.7. The van der Waals surface area contributed by atoms with E-state index in [1.807, 2.05) is 26.8 Å². The maximum atomic E-state index is 14.8. The van der Waals surface area contributed by atoms with Crippen LogP contribution in [-0.4, -0.2) is 120 Å². The minimum Gasteiger partial charge on any atom is -0.458 e. The minimum atomic E-state index is -0.601. The van der Waals surface area contributed by atoms with E-state index in [2.05, 4.69) is 50.2 Å². The molecule has 3 heterocycles. The Kier molecular flexibility index (Phi) is 14.3. The van der Waals surface area contributed by atoms with Crippen molar-refractivity contribution in [3.63, 3.8) is 0 Å². The average molecular weight is 758 g/mol. The van der Waals surface area contributed by atoms with E-state index >= 15 is 0 Å². The lowest BCUT2D eigenvalue weighted by molar-refractivity contribution is -0.314. The largest absolute Gasteiger partial charge is 0.458 e. The van der Waals surface area contributed by atoms with Crippen LogP contribution in [0.4, 0.5) is 0 Å². The number of allylic oxidation sites excluding steroid dienone is 5. The van der Waals surface area contributed by atoms with Gasteiger partial charge in [0.2, 0.25) is 0 Å². The number of ketones is 1. The van der Waals surface area contributed by atoms with Gasteiger partial charge in [-0.05, 0) is 115 Å². The third kappa shape index (κ3) is 8.94. The predicted octanol–water partition coefficient (Wildman–Crippen LogP) is 6.04. The number of ether oxygens (including phenoxy) is 8. The zero-order chi connectivity index (χ0) is 38.7. The van der Waals surface area contributed by atoms with E-state index in [1.165, 1.54) is 0 Å². The number of Topliss-reactive ketones (excluding diaryl/α,β-unsaturated/α-hetero) is 1. The summed E-state index contributed by atoms with van der Waals surface area (Å²) >= 11 is 0. The Labute approximate surface area is 323 Å². The van der Waals surface area contributed by atoms with Crippen molar-refractivity contribution >= 4 is 11.8 Å². The fourth-order valence-corrected chi connectivity index (χ4v) is 10.4. The van der Waals surface area contributed by atoms with Gasteiger partial charge in [0.1, 0.15) is 24.4 Å². The molecule has 0 aromatic heterocycles. The Morgan fingerprint density at radius 2 is 1.59 bits per heavy atom. The number of likely N-dealkylation sites (N-methyl/N-ethyl adjacent to an activating group) is 1. The SMILES string of the molecule is CCC1C=CCCCC(OC2CCC(N(C)C)C(C)O2)C(C)C(=O)C2=CC3C(C=CC4CC(OC5OC(C)C(OC)C(OC)C5OC)CC43)C2CC(=O)O1. The summed E-state index contributed by atoms with van der Waals surface area (Å²) in [6, 6.07) is 0.333. The van der Waals surface area contributed by atoms with E-state index < -0.39 is 18.3 Å². The molecule has 11 heteroatoms. The smallest absolute Gasteiger partial charge is 0.307 e. The number of methoxy groups -OCH3 is 3. The maximum Gasteiger partial charge on any atom is 0.307 e. The maximum absolute atomic E-state index is 14.8. The second-order valence-electron chi connectivity index (χ2n) is 16.8. The van der Waals surface area contributed by atoms with Crippen LogP contribution in [0.5, 0.6) is 0 Å². The number of cyclic esters (lactones) is 1. The summed E-state index contributed by atoms with van der Waals surface area (Å²) in [4.78, 5) is 30.6. The number of rotatable bonds is 9. The molecule has 0 aromatic carbocycles. The molecule has 0 aromatic rings. The van der Waals surface area contributed by atoms with Gasteiger partial charge in [-0.1, -0.05) is 38.2 Å². The molecule has 3 fully saturated rings. The summed E-state index contributed by atoms with van der Waals surface area (Å²) in [7, 11) is 9.15. The zero-order valence-corrected chi connectivity index (χ0v) is 34.1. The molecule has 3 aliphatic carbocycles. The number of nitrogens with zero attached hydrogens (tertiary/aromatic N) is 1. The molecule has 2 saturated heterocycles. The number of hydrogen-bond donors (Lipinski definition) is 0. The summed E-state index contributed by atoms with van der Waals surface area (Å²) < 4.78 is 49.6. The summed E-state index contributed by atoms with van der Waals surface area (Å²) in [5.41, 5.74) is 0.751. The highest BCUT2D eigenvalue weighted by molar-refractivity contribution is 5.99. The molecule has 1 saturated carbocycles. The van der Waals surface area contributed by atoms with Crippen molar-refractivity contribution in [3.8, 4) is 0 Å². The molecule has 11 nitrogen and oxygen atoms in total. The average Bonchev–Trinajstić information content (AvgIpc) is 3.73. The molecule has 0 bridgehead atoms. The number of esters is 1. The Balaban J connectivity index is 1.22. The molecule has 304 valence electrons.